The molecule has 0 saturated heterocycles. The van der Waals surface area contributed by atoms with Crippen molar-refractivity contribution in [3.8, 4) is 0 Å². The average molecular weight is 323 g/mol. The summed E-state index contributed by atoms with van der Waals surface area (Å²) in [6.07, 6.45) is 5.61. The molecule has 0 aromatic heterocycles. The molecular formula is C15H24Sn. The Bertz CT molecular complexity index is 290. The zero-order valence-corrected chi connectivity index (χ0v) is 13.6. The molecule has 88 valence electrons. The SMILES string of the molecule is CCC[CH2][Sn](=[CH]c1ccccc1)[CH2]CCC. The van der Waals surface area contributed by atoms with Crippen LogP contribution in [-0.4, -0.2) is 23.3 Å². The van der Waals surface area contributed by atoms with E-state index < -0.39 is 19.3 Å². The first-order chi connectivity index (χ1) is 7.86. The maximum atomic E-state index is 2.66. The van der Waals surface area contributed by atoms with Gasteiger partial charge in [-0.3, -0.25) is 0 Å². The molecule has 0 amide bonds. The van der Waals surface area contributed by atoms with Crippen LogP contribution < -0.4 is 0 Å². The number of rotatable bonds is 7. The van der Waals surface area contributed by atoms with E-state index >= 15 is 0 Å². The third-order valence-corrected chi connectivity index (χ3v) is 10.7. The molecule has 16 heavy (non-hydrogen) atoms. The van der Waals surface area contributed by atoms with Gasteiger partial charge in [-0.2, -0.15) is 0 Å². The molecule has 0 fully saturated rings. The number of benzene rings is 1. The molecule has 0 bridgehead atoms. The van der Waals surface area contributed by atoms with Crippen LogP contribution in [0.4, 0.5) is 0 Å². The van der Waals surface area contributed by atoms with Crippen molar-refractivity contribution in [1.82, 2.24) is 0 Å². The zero-order chi connectivity index (χ0) is 11.6. The molecule has 0 radical (unpaired) electrons. The van der Waals surface area contributed by atoms with Crippen LogP contribution in [0.3, 0.4) is 0 Å². The second-order valence-electron chi connectivity index (χ2n) is 4.42. The molecule has 1 aromatic carbocycles. The maximum absolute atomic E-state index is 2.66. The van der Waals surface area contributed by atoms with Gasteiger partial charge in [0.15, 0.2) is 0 Å². The normalized spacial score (nSPS) is 10.1. The van der Waals surface area contributed by atoms with Crippen molar-refractivity contribution in [2.24, 2.45) is 0 Å². The van der Waals surface area contributed by atoms with E-state index in [2.05, 4.69) is 48.2 Å². The first-order valence-electron chi connectivity index (χ1n) is 6.61. The minimum absolute atomic E-state index is 1.20. The molecule has 0 N–H and O–H groups in total. The van der Waals surface area contributed by atoms with E-state index in [1.807, 2.05) is 0 Å². The average Bonchev–Trinajstić information content (AvgIpc) is 2.34. The molecular weight excluding hydrogens is 299 g/mol. The standard InChI is InChI=1S/C7H6.2C4H9.Sn/c1-7-5-3-2-4-6-7;2*1-3-4-2;/h1-6H;2*1,3-4H2,2H3;. The quantitative estimate of drug-likeness (QED) is 0.648. The fraction of sp³-hybridized carbons (Fsp3) is 0.533. The Morgan fingerprint density at radius 1 is 0.938 bits per heavy atom. The Hall–Kier alpha value is -0.111. The van der Waals surface area contributed by atoms with Gasteiger partial charge in [-0.05, 0) is 0 Å². The minimum atomic E-state index is -1.20. The molecule has 1 aromatic rings. The predicted octanol–water partition coefficient (Wildman–Crippen LogP) is 4.51. The summed E-state index contributed by atoms with van der Waals surface area (Å²) in [5.74, 6) is 0. The fourth-order valence-corrected chi connectivity index (χ4v) is 9.90. The number of hydrogen-bond acceptors (Lipinski definition) is 0. The predicted molar refractivity (Wildman–Crippen MR) is 76.8 cm³/mol. The van der Waals surface area contributed by atoms with Crippen LogP contribution in [0.25, 0.3) is 0 Å². The molecule has 0 aliphatic rings. The Morgan fingerprint density at radius 3 is 2.00 bits per heavy atom. The van der Waals surface area contributed by atoms with Crippen molar-refractivity contribution in [3.63, 3.8) is 0 Å². The third-order valence-electron chi connectivity index (χ3n) is 2.87. The third kappa shape index (κ3) is 5.83. The van der Waals surface area contributed by atoms with Gasteiger partial charge in [-0.15, -0.1) is 0 Å². The van der Waals surface area contributed by atoms with E-state index in [0.717, 1.165) is 0 Å². The van der Waals surface area contributed by atoms with Gasteiger partial charge in [0.2, 0.25) is 0 Å². The summed E-state index contributed by atoms with van der Waals surface area (Å²) in [5.41, 5.74) is 1.48. The van der Waals surface area contributed by atoms with Gasteiger partial charge < -0.3 is 0 Å². The number of hydrogen-bond donors (Lipinski definition) is 0. The van der Waals surface area contributed by atoms with Crippen molar-refractivity contribution in [1.29, 1.82) is 0 Å². The van der Waals surface area contributed by atoms with E-state index in [0.29, 0.717) is 0 Å². The first-order valence-corrected chi connectivity index (χ1v) is 12.3. The van der Waals surface area contributed by atoms with Crippen LogP contribution in [-0.2, 0) is 0 Å². The van der Waals surface area contributed by atoms with Crippen molar-refractivity contribution in [2.75, 3.05) is 0 Å². The Kier molecular flexibility index (Phi) is 7.83. The van der Waals surface area contributed by atoms with Gasteiger partial charge in [0.25, 0.3) is 0 Å². The van der Waals surface area contributed by atoms with Gasteiger partial charge in [-0.25, -0.2) is 0 Å². The Labute approximate surface area is 107 Å². The van der Waals surface area contributed by atoms with Crippen LogP contribution in [0.15, 0.2) is 30.3 Å². The first kappa shape index (κ1) is 14.0. The summed E-state index contributed by atoms with van der Waals surface area (Å²) in [6, 6.07) is 11.0. The van der Waals surface area contributed by atoms with Gasteiger partial charge >= 0.3 is 108 Å². The molecule has 0 aliphatic heterocycles. The summed E-state index contributed by atoms with van der Waals surface area (Å²) in [4.78, 5) is 0. The summed E-state index contributed by atoms with van der Waals surface area (Å²) in [6.45, 7) is 4.62. The topological polar surface area (TPSA) is 0 Å². The summed E-state index contributed by atoms with van der Waals surface area (Å²) < 4.78 is 5.76. The van der Waals surface area contributed by atoms with Crippen molar-refractivity contribution in [2.45, 2.75) is 48.4 Å². The number of unbranched alkanes of at least 4 members (excludes halogenated alkanes) is 2. The molecule has 0 unspecified atom stereocenters. The van der Waals surface area contributed by atoms with E-state index in [9.17, 15) is 0 Å². The van der Waals surface area contributed by atoms with Crippen molar-refractivity contribution >= 4 is 23.3 Å². The molecule has 1 rings (SSSR count). The van der Waals surface area contributed by atoms with E-state index in [1.165, 1.54) is 31.2 Å². The van der Waals surface area contributed by atoms with Gasteiger partial charge in [0.05, 0.1) is 0 Å². The fourth-order valence-electron chi connectivity index (χ4n) is 1.86. The summed E-state index contributed by atoms with van der Waals surface area (Å²) in [7, 11) is 0. The van der Waals surface area contributed by atoms with Gasteiger partial charge in [-0.1, -0.05) is 0 Å². The van der Waals surface area contributed by atoms with Crippen LogP contribution in [0, 0.1) is 0 Å². The van der Waals surface area contributed by atoms with E-state index in [1.54, 1.807) is 8.87 Å². The molecule has 1 heteroatoms. The molecule has 0 saturated carbocycles. The van der Waals surface area contributed by atoms with E-state index in [-0.39, 0.29) is 0 Å². The summed E-state index contributed by atoms with van der Waals surface area (Å²) >= 11 is -1.20. The van der Waals surface area contributed by atoms with Gasteiger partial charge in [0.1, 0.15) is 0 Å². The summed E-state index contributed by atoms with van der Waals surface area (Å²) in [5, 5.41) is 0. The van der Waals surface area contributed by atoms with Crippen LogP contribution in [0.2, 0.25) is 8.87 Å². The van der Waals surface area contributed by atoms with Crippen LogP contribution in [0.1, 0.15) is 45.1 Å². The second kappa shape index (κ2) is 8.97. The molecule has 0 aliphatic carbocycles. The monoisotopic (exact) mass is 324 g/mol. The molecule has 0 nitrogen and oxygen atoms in total. The zero-order valence-electron chi connectivity index (χ0n) is 10.7. The Balaban J connectivity index is 2.63. The van der Waals surface area contributed by atoms with E-state index in [4.69, 9.17) is 0 Å². The van der Waals surface area contributed by atoms with Crippen molar-refractivity contribution < 1.29 is 0 Å². The second-order valence-corrected chi connectivity index (χ2v) is 11.9. The Morgan fingerprint density at radius 2 is 1.50 bits per heavy atom. The van der Waals surface area contributed by atoms with Crippen LogP contribution >= 0.6 is 0 Å². The molecule has 0 heterocycles. The van der Waals surface area contributed by atoms with Crippen LogP contribution in [0.5, 0.6) is 0 Å². The molecule has 0 spiro atoms. The van der Waals surface area contributed by atoms with Gasteiger partial charge in [0, 0.05) is 0 Å². The molecule has 0 atom stereocenters. The van der Waals surface area contributed by atoms with Crippen molar-refractivity contribution in [3.05, 3.63) is 35.9 Å².